The fourth-order valence-corrected chi connectivity index (χ4v) is 2.74. The Labute approximate surface area is 113 Å². The Kier molecular flexibility index (Phi) is 3.49. The summed E-state index contributed by atoms with van der Waals surface area (Å²) < 4.78 is 2.02. The molecule has 1 aliphatic rings. The molecule has 1 aromatic heterocycles. The molecule has 19 heavy (non-hydrogen) atoms. The molecular weight excluding hydrogens is 236 g/mol. The van der Waals surface area contributed by atoms with Gasteiger partial charge < -0.3 is 5.32 Å². The molecule has 4 heteroatoms. The minimum atomic E-state index is 0.880. The predicted octanol–water partition coefficient (Wildman–Crippen LogP) is 2.64. The van der Waals surface area contributed by atoms with E-state index in [9.17, 15) is 0 Å². The molecule has 0 unspecified atom stereocenters. The van der Waals surface area contributed by atoms with Gasteiger partial charge in [0.1, 0.15) is 12.2 Å². The van der Waals surface area contributed by atoms with E-state index in [-0.39, 0.29) is 0 Å². The largest absolute Gasteiger partial charge is 0.385 e. The maximum Gasteiger partial charge on any atom is 0.138 e. The third-order valence-corrected chi connectivity index (χ3v) is 3.67. The number of nitrogens with zero attached hydrogens (tertiary/aromatic N) is 3. The third-order valence-electron chi connectivity index (χ3n) is 3.67. The molecule has 0 saturated carbocycles. The van der Waals surface area contributed by atoms with Gasteiger partial charge in [0, 0.05) is 25.2 Å². The maximum absolute atomic E-state index is 4.41. The molecule has 0 amide bonds. The van der Waals surface area contributed by atoms with Gasteiger partial charge in [0.2, 0.25) is 0 Å². The Hall–Kier alpha value is -1.84. The summed E-state index contributed by atoms with van der Waals surface area (Å²) in [6, 6.07) is 6.53. The lowest BCUT2D eigenvalue weighted by Gasteiger charge is -2.20. The van der Waals surface area contributed by atoms with Gasteiger partial charge in [-0.15, -0.1) is 0 Å². The summed E-state index contributed by atoms with van der Waals surface area (Å²) in [5.41, 5.74) is 4.14. The number of hydrogen-bond donors (Lipinski definition) is 1. The summed E-state index contributed by atoms with van der Waals surface area (Å²) in [7, 11) is 0. The van der Waals surface area contributed by atoms with Gasteiger partial charge in [-0.1, -0.05) is 19.1 Å². The zero-order valence-electron chi connectivity index (χ0n) is 11.4. The van der Waals surface area contributed by atoms with E-state index >= 15 is 0 Å². The van der Waals surface area contributed by atoms with Crippen molar-refractivity contribution in [1.82, 2.24) is 14.8 Å². The van der Waals surface area contributed by atoms with Crippen LogP contribution in [0.2, 0.25) is 0 Å². The maximum atomic E-state index is 4.41. The zero-order chi connectivity index (χ0) is 13.1. The van der Waals surface area contributed by atoms with E-state index in [0.717, 1.165) is 31.8 Å². The first-order valence-corrected chi connectivity index (χ1v) is 7.10. The van der Waals surface area contributed by atoms with E-state index in [4.69, 9.17) is 0 Å². The monoisotopic (exact) mass is 256 g/mol. The fourth-order valence-electron chi connectivity index (χ4n) is 2.74. The summed E-state index contributed by atoms with van der Waals surface area (Å²) >= 11 is 0. The Morgan fingerprint density at radius 3 is 3.21 bits per heavy atom. The van der Waals surface area contributed by atoms with E-state index in [1.54, 1.807) is 6.33 Å². The Bertz CT molecular complexity index is 559. The van der Waals surface area contributed by atoms with E-state index in [2.05, 4.69) is 40.5 Å². The third kappa shape index (κ3) is 2.48. The molecular formula is C15H20N4. The van der Waals surface area contributed by atoms with Gasteiger partial charge in [-0.2, -0.15) is 5.10 Å². The van der Waals surface area contributed by atoms with Gasteiger partial charge in [-0.3, -0.25) is 0 Å². The van der Waals surface area contributed by atoms with Crippen LogP contribution >= 0.6 is 0 Å². The number of benzene rings is 1. The number of nitrogens with one attached hydrogen (secondary N) is 1. The highest BCUT2D eigenvalue weighted by atomic mass is 15.3. The molecule has 1 N–H and O–H groups in total. The summed E-state index contributed by atoms with van der Waals surface area (Å²) in [6.07, 6.45) is 6.01. The topological polar surface area (TPSA) is 42.7 Å². The second kappa shape index (κ2) is 5.43. The van der Waals surface area contributed by atoms with Crippen molar-refractivity contribution in [3.8, 4) is 0 Å². The van der Waals surface area contributed by atoms with Crippen LogP contribution in [0.1, 0.15) is 36.7 Å². The Morgan fingerprint density at radius 2 is 2.32 bits per heavy atom. The molecule has 1 aliphatic heterocycles. The molecule has 0 aliphatic carbocycles. The van der Waals surface area contributed by atoms with Crippen molar-refractivity contribution in [2.75, 3.05) is 11.9 Å². The lowest BCUT2D eigenvalue weighted by Crippen LogP contribution is -2.14. The molecule has 0 radical (unpaired) electrons. The van der Waals surface area contributed by atoms with Crippen LogP contribution in [-0.4, -0.2) is 21.3 Å². The molecule has 0 bridgehead atoms. The second-order valence-corrected chi connectivity index (χ2v) is 5.05. The highest BCUT2D eigenvalue weighted by Gasteiger charge is 2.14. The molecule has 2 aromatic rings. The zero-order valence-corrected chi connectivity index (χ0v) is 11.4. The Morgan fingerprint density at radius 1 is 1.37 bits per heavy atom. The van der Waals surface area contributed by atoms with Crippen LogP contribution in [0.5, 0.6) is 0 Å². The molecule has 0 fully saturated rings. The van der Waals surface area contributed by atoms with Gasteiger partial charge in [0.05, 0.1) is 0 Å². The van der Waals surface area contributed by atoms with Crippen LogP contribution < -0.4 is 5.32 Å². The summed E-state index contributed by atoms with van der Waals surface area (Å²) in [4.78, 5) is 4.41. The number of fused-ring (bicyclic) bond motifs is 1. The van der Waals surface area contributed by atoms with E-state index in [0.29, 0.717) is 0 Å². The fraction of sp³-hybridized carbons (Fsp3) is 0.467. The first kappa shape index (κ1) is 12.2. The van der Waals surface area contributed by atoms with Crippen molar-refractivity contribution in [1.29, 1.82) is 0 Å². The number of anilines is 1. The van der Waals surface area contributed by atoms with Gasteiger partial charge >= 0.3 is 0 Å². The quantitative estimate of drug-likeness (QED) is 0.914. The number of aromatic nitrogens is 3. The first-order chi connectivity index (χ1) is 9.38. The van der Waals surface area contributed by atoms with Crippen molar-refractivity contribution in [3.05, 3.63) is 41.5 Å². The van der Waals surface area contributed by atoms with Crippen LogP contribution in [-0.2, 0) is 19.4 Å². The van der Waals surface area contributed by atoms with Crippen molar-refractivity contribution >= 4 is 5.69 Å². The van der Waals surface area contributed by atoms with Gasteiger partial charge in [0.15, 0.2) is 0 Å². The minimum absolute atomic E-state index is 0.880. The molecule has 1 aromatic carbocycles. The molecule has 0 spiro atoms. The van der Waals surface area contributed by atoms with Crippen LogP contribution in [0.15, 0.2) is 24.5 Å². The molecule has 0 saturated heterocycles. The van der Waals surface area contributed by atoms with Gasteiger partial charge in [-0.25, -0.2) is 9.67 Å². The molecule has 4 nitrogen and oxygen atoms in total. The number of aryl methyl sites for hydroxylation is 1. The van der Waals surface area contributed by atoms with E-state index < -0.39 is 0 Å². The summed E-state index contributed by atoms with van der Waals surface area (Å²) in [6.45, 7) is 4.20. The van der Waals surface area contributed by atoms with Crippen molar-refractivity contribution in [3.63, 3.8) is 0 Å². The molecule has 0 atom stereocenters. The van der Waals surface area contributed by atoms with E-state index in [1.807, 2.05) is 4.68 Å². The van der Waals surface area contributed by atoms with Crippen molar-refractivity contribution in [2.45, 2.75) is 39.2 Å². The lowest BCUT2D eigenvalue weighted by molar-refractivity contribution is 0.575. The normalized spacial score (nSPS) is 13.9. The van der Waals surface area contributed by atoms with E-state index in [1.165, 1.54) is 29.7 Å². The Balaban J connectivity index is 1.88. The standard InChI is InChI=1S/C15H20N4/c1-2-9-19-15(17-11-18-19)10-12-5-3-7-14-13(12)6-4-8-16-14/h3,5,7,11,16H,2,4,6,8-10H2,1H3. The smallest absolute Gasteiger partial charge is 0.138 e. The van der Waals surface area contributed by atoms with Crippen LogP contribution in [0.25, 0.3) is 0 Å². The van der Waals surface area contributed by atoms with Crippen LogP contribution in [0, 0.1) is 0 Å². The lowest BCUT2D eigenvalue weighted by atomic mass is 9.95. The highest BCUT2D eigenvalue weighted by Crippen LogP contribution is 2.26. The van der Waals surface area contributed by atoms with Gasteiger partial charge in [-0.05, 0) is 36.5 Å². The highest BCUT2D eigenvalue weighted by molar-refractivity contribution is 5.56. The summed E-state index contributed by atoms with van der Waals surface area (Å²) in [5, 5.41) is 7.78. The summed E-state index contributed by atoms with van der Waals surface area (Å²) in [5.74, 6) is 1.07. The second-order valence-electron chi connectivity index (χ2n) is 5.05. The van der Waals surface area contributed by atoms with Crippen molar-refractivity contribution < 1.29 is 0 Å². The van der Waals surface area contributed by atoms with Crippen LogP contribution in [0.4, 0.5) is 5.69 Å². The van der Waals surface area contributed by atoms with Crippen molar-refractivity contribution in [2.24, 2.45) is 0 Å². The van der Waals surface area contributed by atoms with Gasteiger partial charge in [0.25, 0.3) is 0 Å². The average molecular weight is 256 g/mol. The van der Waals surface area contributed by atoms with Crippen LogP contribution in [0.3, 0.4) is 0 Å². The predicted molar refractivity (Wildman–Crippen MR) is 76.4 cm³/mol. The number of hydrogen-bond acceptors (Lipinski definition) is 3. The minimum Gasteiger partial charge on any atom is -0.385 e. The molecule has 2 heterocycles. The molecule has 3 rings (SSSR count). The number of rotatable bonds is 4. The SMILES string of the molecule is CCCn1ncnc1Cc1cccc2c1CCCN2. The molecule has 100 valence electrons. The average Bonchev–Trinajstić information content (AvgIpc) is 2.87. The first-order valence-electron chi connectivity index (χ1n) is 7.10.